The molecule has 5 rings (SSSR count). The highest BCUT2D eigenvalue weighted by Crippen LogP contribution is 2.29. The molecule has 34 heavy (non-hydrogen) atoms. The van der Waals surface area contributed by atoms with E-state index in [-0.39, 0.29) is 11.1 Å². The Morgan fingerprint density at radius 2 is 1.97 bits per heavy atom. The number of imide groups is 1. The van der Waals surface area contributed by atoms with E-state index in [9.17, 15) is 9.59 Å². The van der Waals surface area contributed by atoms with E-state index in [1.165, 1.54) is 16.0 Å². The maximum absolute atomic E-state index is 11.8. The number of thiophene rings is 1. The molecule has 2 aromatic heterocycles. The van der Waals surface area contributed by atoms with Gasteiger partial charge in [0.05, 0.1) is 10.6 Å². The molecule has 3 aromatic rings. The Bertz CT molecular complexity index is 1200. The molecule has 0 bridgehead atoms. The van der Waals surface area contributed by atoms with Crippen LogP contribution in [0.4, 0.5) is 4.79 Å². The van der Waals surface area contributed by atoms with E-state index < -0.39 is 0 Å². The van der Waals surface area contributed by atoms with Crippen molar-refractivity contribution in [1.82, 2.24) is 20.6 Å². The second-order valence-corrected chi connectivity index (χ2v) is 10.7. The molecule has 174 valence electrons. The van der Waals surface area contributed by atoms with E-state index in [2.05, 4.69) is 62.4 Å². The number of hydrogen-bond donors (Lipinski definition) is 2. The van der Waals surface area contributed by atoms with Crippen LogP contribution in [0.1, 0.15) is 42.8 Å². The lowest BCUT2D eigenvalue weighted by Crippen LogP contribution is -2.33. The van der Waals surface area contributed by atoms with E-state index >= 15 is 0 Å². The highest BCUT2D eigenvalue weighted by molar-refractivity contribution is 8.18. The summed E-state index contributed by atoms with van der Waals surface area (Å²) in [5, 5.41) is 7.79. The lowest BCUT2D eigenvalue weighted by atomic mass is 9.84. The molecule has 2 amide bonds. The summed E-state index contributed by atoms with van der Waals surface area (Å²) in [5.41, 5.74) is 3.27. The Kier molecular flexibility index (Phi) is 7.18. The van der Waals surface area contributed by atoms with Crippen LogP contribution in [0.2, 0.25) is 0 Å². The number of hydrogen-bond acceptors (Lipinski definition) is 7. The van der Waals surface area contributed by atoms with Crippen molar-refractivity contribution in [3.8, 4) is 10.4 Å². The number of rotatable bonds is 7. The minimum absolute atomic E-state index is 0.342. The number of carbonyl (C=O) groups excluding carboxylic acids is 2. The van der Waals surface area contributed by atoms with Crippen molar-refractivity contribution < 1.29 is 9.59 Å². The highest BCUT2D eigenvalue weighted by atomic mass is 32.2. The molecule has 1 aliphatic carbocycles. The standard InChI is InChI=1S/C26H26N4O2S2/c31-25-23(34-26(32)30-25)15-21-10-11-27-24(29-21)14-17-6-8-20(9-7-17)28-16-18-3-1-4-19(13-18)22-5-2-12-33-22/h1-5,10-13,15,17,20,28H,6-9,14,16H2,(H,30,31,32)/b23-15-. The summed E-state index contributed by atoms with van der Waals surface area (Å²) in [7, 11) is 0. The zero-order chi connectivity index (χ0) is 23.3. The molecule has 0 unspecified atom stereocenters. The Hall–Kier alpha value is -2.81. The predicted octanol–water partition coefficient (Wildman–Crippen LogP) is 5.42. The van der Waals surface area contributed by atoms with Crippen molar-refractivity contribution in [2.24, 2.45) is 5.92 Å². The first-order valence-electron chi connectivity index (χ1n) is 11.6. The van der Waals surface area contributed by atoms with Crippen LogP contribution in [0.15, 0.2) is 58.9 Å². The summed E-state index contributed by atoms with van der Waals surface area (Å²) in [4.78, 5) is 33.8. The maximum Gasteiger partial charge on any atom is 0.290 e. The molecule has 1 saturated heterocycles. The maximum atomic E-state index is 11.8. The van der Waals surface area contributed by atoms with Gasteiger partial charge < -0.3 is 5.32 Å². The van der Waals surface area contributed by atoms with Crippen LogP contribution >= 0.6 is 23.1 Å². The smallest absolute Gasteiger partial charge is 0.290 e. The fourth-order valence-corrected chi connectivity index (χ4v) is 5.91. The summed E-state index contributed by atoms with van der Waals surface area (Å²) in [6, 6.07) is 15.4. The third-order valence-corrected chi connectivity index (χ3v) is 8.02. The normalized spacial score (nSPS) is 21.7. The van der Waals surface area contributed by atoms with Crippen LogP contribution in [-0.2, 0) is 17.8 Å². The number of nitrogens with zero attached hydrogens (tertiary/aromatic N) is 2. The van der Waals surface area contributed by atoms with Gasteiger partial charge in [0, 0.05) is 30.1 Å². The average Bonchev–Trinajstić information content (AvgIpc) is 3.49. The molecule has 6 nitrogen and oxygen atoms in total. The Morgan fingerprint density at radius 3 is 2.74 bits per heavy atom. The van der Waals surface area contributed by atoms with Gasteiger partial charge in [0.15, 0.2) is 0 Å². The minimum Gasteiger partial charge on any atom is -0.310 e. The Morgan fingerprint density at radius 1 is 1.09 bits per heavy atom. The van der Waals surface area contributed by atoms with Crippen LogP contribution in [0.5, 0.6) is 0 Å². The van der Waals surface area contributed by atoms with Crippen LogP contribution in [-0.4, -0.2) is 27.2 Å². The van der Waals surface area contributed by atoms with Gasteiger partial charge in [-0.3, -0.25) is 14.9 Å². The fourth-order valence-electron chi connectivity index (χ4n) is 4.52. The number of nitrogens with one attached hydrogen (secondary N) is 2. The zero-order valence-electron chi connectivity index (χ0n) is 18.7. The molecule has 0 spiro atoms. The zero-order valence-corrected chi connectivity index (χ0v) is 20.3. The topological polar surface area (TPSA) is 84.0 Å². The largest absolute Gasteiger partial charge is 0.310 e. The summed E-state index contributed by atoms with van der Waals surface area (Å²) in [6.45, 7) is 0.891. The first-order chi connectivity index (χ1) is 16.6. The highest BCUT2D eigenvalue weighted by Gasteiger charge is 2.25. The van der Waals surface area contributed by atoms with Gasteiger partial charge in [-0.2, -0.15) is 0 Å². The van der Waals surface area contributed by atoms with Gasteiger partial charge >= 0.3 is 0 Å². The monoisotopic (exact) mass is 490 g/mol. The van der Waals surface area contributed by atoms with Gasteiger partial charge in [-0.05, 0) is 84.1 Å². The lowest BCUT2D eigenvalue weighted by Gasteiger charge is -2.29. The van der Waals surface area contributed by atoms with E-state index in [1.54, 1.807) is 29.7 Å². The molecule has 2 aliphatic rings. The lowest BCUT2D eigenvalue weighted by molar-refractivity contribution is -0.115. The second-order valence-electron chi connectivity index (χ2n) is 8.73. The molecule has 2 N–H and O–H groups in total. The van der Waals surface area contributed by atoms with Crippen LogP contribution < -0.4 is 10.6 Å². The minimum atomic E-state index is -0.362. The second kappa shape index (κ2) is 10.6. The first kappa shape index (κ1) is 23.0. The quantitative estimate of drug-likeness (QED) is 0.430. The van der Waals surface area contributed by atoms with E-state index in [1.807, 2.05) is 0 Å². The molecule has 8 heteroatoms. The molecule has 1 saturated carbocycles. The van der Waals surface area contributed by atoms with Crippen LogP contribution in [0.25, 0.3) is 16.5 Å². The van der Waals surface area contributed by atoms with Crippen molar-refractivity contribution in [3.63, 3.8) is 0 Å². The molecular formula is C26H26N4O2S2. The first-order valence-corrected chi connectivity index (χ1v) is 13.2. The molecule has 1 aliphatic heterocycles. The third kappa shape index (κ3) is 5.81. The number of aromatic nitrogens is 2. The fraction of sp³-hybridized carbons (Fsp3) is 0.308. The molecule has 1 aromatic carbocycles. The summed E-state index contributed by atoms with van der Waals surface area (Å²) in [6.07, 6.45) is 8.82. The third-order valence-electron chi connectivity index (χ3n) is 6.29. The van der Waals surface area contributed by atoms with E-state index in [4.69, 9.17) is 0 Å². The molecule has 3 heterocycles. The van der Waals surface area contributed by atoms with Crippen molar-refractivity contribution in [2.45, 2.75) is 44.7 Å². The summed E-state index contributed by atoms with van der Waals surface area (Å²) < 4.78 is 0. The average molecular weight is 491 g/mol. The molecular weight excluding hydrogens is 464 g/mol. The molecule has 0 radical (unpaired) electrons. The Labute approximate surface area is 207 Å². The molecule has 2 fully saturated rings. The van der Waals surface area contributed by atoms with Gasteiger partial charge in [-0.25, -0.2) is 9.97 Å². The predicted molar refractivity (Wildman–Crippen MR) is 137 cm³/mol. The van der Waals surface area contributed by atoms with Gasteiger partial charge in [-0.1, -0.05) is 24.3 Å². The number of thioether (sulfide) groups is 1. The van der Waals surface area contributed by atoms with Crippen LogP contribution in [0, 0.1) is 5.92 Å². The van der Waals surface area contributed by atoms with E-state index in [0.717, 1.165) is 56.2 Å². The summed E-state index contributed by atoms with van der Waals surface area (Å²) >= 11 is 2.68. The summed E-state index contributed by atoms with van der Waals surface area (Å²) in [5.74, 6) is 0.999. The van der Waals surface area contributed by atoms with Crippen molar-refractivity contribution in [3.05, 3.63) is 76.0 Å². The molecule has 0 atom stereocenters. The van der Waals surface area contributed by atoms with Crippen molar-refractivity contribution in [1.29, 1.82) is 0 Å². The van der Waals surface area contributed by atoms with E-state index in [0.29, 0.717) is 22.6 Å². The van der Waals surface area contributed by atoms with Gasteiger partial charge in [0.2, 0.25) is 0 Å². The number of amides is 2. The SMILES string of the molecule is O=C1NC(=O)/C(=C/c2ccnc(CC3CCC(NCc4cccc(-c5cccs5)c4)CC3)n2)S1. The van der Waals surface area contributed by atoms with Gasteiger partial charge in [-0.15, -0.1) is 11.3 Å². The number of carbonyl (C=O) groups is 2. The van der Waals surface area contributed by atoms with Gasteiger partial charge in [0.1, 0.15) is 5.82 Å². The number of benzene rings is 1. The Balaban J connectivity index is 1.11. The van der Waals surface area contributed by atoms with Crippen molar-refractivity contribution in [2.75, 3.05) is 0 Å². The van der Waals surface area contributed by atoms with Crippen molar-refractivity contribution >= 4 is 40.3 Å². The van der Waals surface area contributed by atoms with Gasteiger partial charge in [0.25, 0.3) is 11.1 Å². The van der Waals surface area contributed by atoms with Crippen LogP contribution in [0.3, 0.4) is 0 Å².